The maximum Gasteiger partial charge on any atom is 0.123 e. The van der Waals surface area contributed by atoms with Crippen LogP contribution in [-0.4, -0.2) is 26.3 Å². The molecule has 4 heteroatoms. The van der Waals surface area contributed by atoms with Crippen molar-refractivity contribution >= 4 is 0 Å². The Labute approximate surface area is 115 Å². The van der Waals surface area contributed by atoms with Gasteiger partial charge in [0, 0.05) is 24.2 Å². The Balaban J connectivity index is 2.09. The van der Waals surface area contributed by atoms with Crippen LogP contribution in [0.2, 0.25) is 0 Å². The van der Waals surface area contributed by atoms with Crippen molar-refractivity contribution in [1.29, 1.82) is 0 Å². The van der Waals surface area contributed by atoms with Gasteiger partial charge in [-0.2, -0.15) is 0 Å². The summed E-state index contributed by atoms with van der Waals surface area (Å²) in [5.41, 5.74) is 8.27. The Bertz CT molecular complexity index is 434. The van der Waals surface area contributed by atoms with Crippen molar-refractivity contribution in [3.63, 3.8) is 0 Å². The summed E-state index contributed by atoms with van der Waals surface area (Å²) in [6.07, 6.45) is 3.49. The van der Waals surface area contributed by atoms with E-state index < -0.39 is 0 Å². The SMILES string of the molecule is COc1cc(CNC2CCCC2N)c(OC)cc1C. The van der Waals surface area contributed by atoms with Gasteiger partial charge in [-0.1, -0.05) is 6.42 Å². The van der Waals surface area contributed by atoms with Crippen LogP contribution in [-0.2, 0) is 6.54 Å². The molecule has 4 nitrogen and oxygen atoms in total. The highest BCUT2D eigenvalue weighted by Crippen LogP contribution is 2.28. The smallest absolute Gasteiger partial charge is 0.123 e. The Kier molecular flexibility index (Phi) is 4.66. The van der Waals surface area contributed by atoms with Gasteiger partial charge in [0.15, 0.2) is 0 Å². The van der Waals surface area contributed by atoms with E-state index in [0.717, 1.165) is 42.0 Å². The number of nitrogens with one attached hydrogen (secondary N) is 1. The summed E-state index contributed by atoms with van der Waals surface area (Å²) in [7, 11) is 3.39. The molecule has 2 unspecified atom stereocenters. The van der Waals surface area contributed by atoms with E-state index in [9.17, 15) is 0 Å². The van der Waals surface area contributed by atoms with Gasteiger partial charge in [-0.15, -0.1) is 0 Å². The van der Waals surface area contributed by atoms with E-state index in [1.54, 1.807) is 14.2 Å². The van der Waals surface area contributed by atoms with E-state index in [0.29, 0.717) is 6.04 Å². The minimum atomic E-state index is 0.276. The molecule has 1 aromatic carbocycles. The fourth-order valence-electron chi connectivity index (χ4n) is 2.73. The van der Waals surface area contributed by atoms with E-state index in [2.05, 4.69) is 5.32 Å². The third-order valence-corrected chi connectivity index (χ3v) is 3.92. The highest BCUT2D eigenvalue weighted by molar-refractivity contribution is 5.45. The summed E-state index contributed by atoms with van der Waals surface area (Å²) in [4.78, 5) is 0. The molecule has 2 atom stereocenters. The summed E-state index contributed by atoms with van der Waals surface area (Å²) >= 11 is 0. The molecule has 0 bridgehead atoms. The van der Waals surface area contributed by atoms with Gasteiger partial charge in [0.1, 0.15) is 11.5 Å². The van der Waals surface area contributed by atoms with Crippen LogP contribution in [0.1, 0.15) is 30.4 Å². The molecule has 1 aromatic rings. The first-order chi connectivity index (χ1) is 9.15. The van der Waals surface area contributed by atoms with E-state index in [1.807, 2.05) is 19.1 Å². The Morgan fingerprint density at radius 2 is 1.95 bits per heavy atom. The fourth-order valence-corrected chi connectivity index (χ4v) is 2.73. The molecule has 0 aliphatic heterocycles. The molecule has 0 aromatic heterocycles. The molecule has 0 heterocycles. The molecule has 3 N–H and O–H groups in total. The zero-order valence-electron chi connectivity index (χ0n) is 12.0. The predicted molar refractivity (Wildman–Crippen MR) is 76.7 cm³/mol. The summed E-state index contributed by atoms with van der Waals surface area (Å²) in [6.45, 7) is 2.78. The van der Waals surface area contributed by atoms with Gasteiger partial charge in [0.25, 0.3) is 0 Å². The molecule has 19 heavy (non-hydrogen) atoms. The predicted octanol–water partition coefficient (Wildman–Crippen LogP) is 1.98. The van der Waals surface area contributed by atoms with Gasteiger partial charge in [-0.3, -0.25) is 0 Å². The standard InChI is InChI=1S/C15H24N2O2/c1-10-7-15(19-3)11(8-14(10)18-2)9-17-13-6-4-5-12(13)16/h7-8,12-13,17H,4-6,9,16H2,1-3H3. The lowest BCUT2D eigenvalue weighted by atomic mass is 10.1. The second-order valence-corrected chi connectivity index (χ2v) is 5.22. The summed E-state index contributed by atoms with van der Waals surface area (Å²) < 4.78 is 10.8. The largest absolute Gasteiger partial charge is 0.496 e. The lowest BCUT2D eigenvalue weighted by Gasteiger charge is -2.19. The van der Waals surface area contributed by atoms with E-state index in [-0.39, 0.29) is 6.04 Å². The molecule has 106 valence electrons. The number of hydrogen-bond donors (Lipinski definition) is 2. The molecule has 0 amide bonds. The first kappa shape index (κ1) is 14.2. The van der Waals surface area contributed by atoms with Gasteiger partial charge in [0.05, 0.1) is 14.2 Å². The van der Waals surface area contributed by atoms with Gasteiger partial charge >= 0.3 is 0 Å². The highest BCUT2D eigenvalue weighted by atomic mass is 16.5. The minimum absolute atomic E-state index is 0.276. The van der Waals surface area contributed by atoms with Crippen molar-refractivity contribution in [2.24, 2.45) is 5.73 Å². The zero-order valence-corrected chi connectivity index (χ0v) is 12.0. The monoisotopic (exact) mass is 264 g/mol. The van der Waals surface area contributed by atoms with E-state index in [4.69, 9.17) is 15.2 Å². The van der Waals surface area contributed by atoms with Crippen LogP contribution in [0.4, 0.5) is 0 Å². The van der Waals surface area contributed by atoms with Crippen LogP contribution in [0, 0.1) is 6.92 Å². The van der Waals surface area contributed by atoms with Crippen molar-refractivity contribution in [2.45, 2.75) is 44.8 Å². The molecule has 1 aliphatic rings. The van der Waals surface area contributed by atoms with Crippen molar-refractivity contribution in [1.82, 2.24) is 5.32 Å². The Hall–Kier alpha value is -1.26. The lowest BCUT2D eigenvalue weighted by molar-refractivity contribution is 0.391. The average molecular weight is 264 g/mol. The molecular formula is C15H24N2O2. The highest BCUT2D eigenvalue weighted by Gasteiger charge is 2.23. The van der Waals surface area contributed by atoms with E-state index in [1.165, 1.54) is 6.42 Å². The van der Waals surface area contributed by atoms with Gasteiger partial charge in [-0.25, -0.2) is 0 Å². The number of ether oxygens (including phenoxy) is 2. The Morgan fingerprint density at radius 1 is 1.21 bits per heavy atom. The van der Waals surface area contributed by atoms with Crippen molar-refractivity contribution in [3.05, 3.63) is 23.3 Å². The number of aryl methyl sites for hydroxylation is 1. The molecule has 0 radical (unpaired) electrons. The van der Waals surface area contributed by atoms with Gasteiger partial charge in [-0.05, 0) is 37.5 Å². The van der Waals surface area contributed by atoms with Crippen LogP contribution in [0.5, 0.6) is 11.5 Å². The van der Waals surface area contributed by atoms with Crippen LogP contribution in [0.25, 0.3) is 0 Å². The number of rotatable bonds is 5. The maximum absolute atomic E-state index is 6.08. The molecule has 1 saturated carbocycles. The molecular weight excluding hydrogens is 240 g/mol. The quantitative estimate of drug-likeness (QED) is 0.854. The zero-order chi connectivity index (χ0) is 13.8. The molecule has 0 saturated heterocycles. The number of benzene rings is 1. The van der Waals surface area contributed by atoms with Gasteiger partial charge in [0.2, 0.25) is 0 Å². The van der Waals surface area contributed by atoms with Crippen LogP contribution < -0.4 is 20.5 Å². The first-order valence-electron chi connectivity index (χ1n) is 6.86. The third kappa shape index (κ3) is 3.19. The normalized spacial score (nSPS) is 22.5. The minimum Gasteiger partial charge on any atom is -0.496 e. The number of nitrogens with two attached hydrogens (primary N) is 1. The molecule has 1 fully saturated rings. The lowest BCUT2D eigenvalue weighted by Crippen LogP contribution is -2.40. The fraction of sp³-hybridized carbons (Fsp3) is 0.600. The third-order valence-electron chi connectivity index (χ3n) is 3.92. The summed E-state index contributed by atoms with van der Waals surface area (Å²) in [5.74, 6) is 1.80. The van der Waals surface area contributed by atoms with Gasteiger partial charge < -0.3 is 20.5 Å². The second-order valence-electron chi connectivity index (χ2n) is 5.22. The average Bonchev–Trinajstić information content (AvgIpc) is 2.82. The maximum atomic E-state index is 6.08. The molecule has 1 aliphatic carbocycles. The van der Waals surface area contributed by atoms with Crippen molar-refractivity contribution in [3.8, 4) is 11.5 Å². The first-order valence-corrected chi connectivity index (χ1v) is 6.86. The topological polar surface area (TPSA) is 56.5 Å². The second kappa shape index (κ2) is 6.26. The Morgan fingerprint density at radius 3 is 2.53 bits per heavy atom. The van der Waals surface area contributed by atoms with Crippen molar-refractivity contribution < 1.29 is 9.47 Å². The molecule has 0 spiro atoms. The molecule has 2 rings (SSSR count). The van der Waals surface area contributed by atoms with Crippen LogP contribution >= 0.6 is 0 Å². The van der Waals surface area contributed by atoms with Crippen LogP contribution in [0.15, 0.2) is 12.1 Å². The summed E-state index contributed by atoms with van der Waals surface area (Å²) in [5, 5.41) is 3.53. The summed E-state index contributed by atoms with van der Waals surface area (Å²) in [6, 6.07) is 4.75. The number of hydrogen-bond acceptors (Lipinski definition) is 4. The van der Waals surface area contributed by atoms with Crippen molar-refractivity contribution in [2.75, 3.05) is 14.2 Å². The van der Waals surface area contributed by atoms with Crippen LogP contribution in [0.3, 0.4) is 0 Å². The number of methoxy groups -OCH3 is 2. The van der Waals surface area contributed by atoms with E-state index >= 15 is 0 Å².